The highest BCUT2D eigenvalue weighted by atomic mass is 16.5. The molecule has 2 aromatic carbocycles. The number of nitrogens with one attached hydrogen (secondary N) is 1. The minimum Gasteiger partial charge on any atom is -0.497 e. The molecule has 0 aliphatic carbocycles. The van der Waals surface area contributed by atoms with Gasteiger partial charge >= 0.3 is 0 Å². The summed E-state index contributed by atoms with van der Waals surface area (Å²) in [4.78, 5) is 24.2. The molecule has 0 fully saturated rings. The van der Waals surface area contributed by atoms with Crippen LogP contribution in [0.5, 0.6) is 23.0 Å². The van der Waals surface area contributed by atoms with E-state index in [-0.39, 0.29) is 24.5 Å². The maximum atomic E-state index is 12.3. The molecule has 2 rings (SSSR count). The van der Waals surface area contributed by atoms with Crippen LogP contribution in [0.4, 0.5) is 0 Å². The van der Waals surface area contributed by atoms with Crippen molar-refractivity contribution in [2.45, 2.75) is 12.8 Å². The zero-order valence-electron chi connectivity index (χ0n) is 16.3. The third-order valence-electron chi connectivity index (χ3n) is 4.04. The minimum atomic E-state index is -0.202. The number of hydrogen-bond donors (Lipinski definition) is 1. The third kappa shape index (κ3) is 6.19. The van der Waals surface area contributed by atoms with E-state index >= 15 is 0 Å². The minimum absolute atomic E-state index is 0.107. The number of benzene rings is 2. The Kier molecular flexibility index (Phi) is 8.14. The van der Waals surface area contributed by atoms with Crippen LogP contribution in [0.25, 0.3) is 0 Å². The summed E-state index contributed by atoms with van der Waals surface area (Å²) in [6, 6.07) is 12.1. The summed E-state index contributed by atoms with van der Waals surface area (Å²) in [5, 5.41) is 2.74. The third-order valence-corrected chi connectivity index (χ3v) is 4.04. The van der Waals surface area contributed by atoms with Crippen LogP contribution in [-0.2, 0) is 4.79 Å². The quantitative estimate of drug-likeness (QED) is 0.472. The molecule has 150 valence electrons. The molecule has 28 heavy (non-hydrogen) atoms. The first-order valence-electron chi connectivity index (χ1n) is 8.86. The molecular weight excluding hydrogens is 362 g/mol. The number of rotatable bonds is 11. The van der Waals surface area contributed by atoms with Gasteiger partial charge in [-0.15, -0.1) is 0 Å². The van der Waals surface area contributed by atoms with Crippen LogP contribution in [0.3, 0.4) is 0 Å². The van der Waals surface area contributed by atoms with Crippen molar-refractivity contribution in [3.63, 3.8) is 0 Å². The normalized spacial score (nSPS) is 10.1. The summed E-state index contributed by atoms with van der Waals surface area (Å²) in [5.41, 5.74) is 0.480. The lowest BCUT2D eigenvalue weighted by atomic mass is 10.1. The Balaban J connectivity index is 1.70. The fraction of sp³-hybridized carbons (Fsp3) is 0.333. The van der Waals surface area contributed by atoms with Gasteiger partial charge in [0.15, 0.2) is 17.3 Å². The van der Waals surface area contributed by atoms with Gasteiger partial charge in [-0.25, -0.2) is 0 Å². The van der Waals surface area contributed by atoms with E-state index in [1.165, 1.54) is 14.2 Å². The van der Waals surface area contributed by atoms with E-state index in [1.807, 2.05) is 0 Å². The predicted molar refractivity (Wildman–Crippen MR) is 105 cm³/mol. The lowest BCUT2D eigenvalue weighted by molar-refractivity contribution is -0.121. The molecule has 0 heterocycles. The van der Waals surface area contributed by atoms with Gasteiger partial charge in [0.05, 0.1) is 27.9 Å². The number of ketones is 1. The molecular formula is C21H25NO6. The van der Waals surface area contributed by atoms with Gasteiger partial charge in [-0.05, 0) is 42.5 Å². The molecule has 0 unspecified atom stereocenters. The van der Waals surface area contributed by atoms with Crippen molar-refractivity contribution in [3.8, 4) is 23.0 Å². The standard InChI is InChI=1S/C21H25NO6/c1-25-16-5-7-17(8-6-16)28-13-12-22-21(24)11-9-18(23)15-4-10-19(26-2)20(14-15)27-3/h4-8,10,14H,9,11-13H2,1-3H3,(H,22,24). The Morgan fingerprint density at radius 1 is 0.821 bits per heavy atom. The molecule has 0 radical (unpaired) electrons. The predicted octanol–water partition coefficient (Wildman–Crippen LogP) is 2.87. The van der Waals surface area contributed by atoms with Gasteiger partial charge in [-0.2, -0.15) is 0 Å². The Morgan fingerprint density at radius 2 is 1.50 bits per heavy atom. The largest absolute Gasteiger partial charge is 0.497 e. The van der Waals surface area contributed by atoms with E-state index in [4.69, 9.17) is 18.9 Å². The molecule has 2 aromatic rings. The molecule has 7 nitrogen and oxygen atoms in total. The van der Waals surface area contributed by atoms with Gasteiger partial charge in [0.25, 0.3) is 0 Å². The average molecular weight is 387 g/mol. The van der Waals surface area contributed by atoms with Gasteiger partial charge in [0.2, 0.25) is 5.91 Å². The van der Waals surface area contributed by atoms with Crippen LogP contribution < -0.4 is 24.3 Å². The lowest BCUT2D eigenvalue weighted by Gasteiger charge is -2.10. The highest BCUT2D eigenvalue weighted by molar-refractivity contribution is 5.98. The van der Waals surface area contributed by atoms with Crippen molar-refractivity contribution in [2.75, 3.05) is 34.5 Å². The molecule has 1 amide bonds. The highest BCUT2D eigenvalue weighted by Crippen LogP contribution is 2.28. The number of methoxy groups -OCH3 is 3. The number of carbonyl (C=O) groups excluding carboxylic acids is 2. The average Bonchev–Trinajstić information content (AvgIpc) is 2.74. The Morgan fingerprint density at radius 3 is 2.14 bits per heavy atom. The second-order valence-corrected chi connectivity index (χ2v) is 5.87. The van der Waals surface area contributed by atoms with E-state index in [9.17, 15) is 9.59 Å². The fourth-order valence-corrected chi connectivity index (χ4v) is 2.50. The van der Waals surface area contributed by atoms with Crippen LogP contribution >= 0.6 is 0 Å². The first-order chi connectivity index (χ1) is 13.6. The SMILES string of the molecule is COc1ccc(OCCNC(=O)CCC(=O)c2ccc(OC)c(OC)c2)cc1. The molecule has 0 aliphatic rings. The van der Waals surface area contributed by atoms with E-state index in [0.29, 0.717) is 36.0 Å². The van der Waals surface area contributed by atoms with Gasteiger partial charge < -0.3 is 24.3 Å². The number of amides is 1. The number of hydrogen-bond acceptors (Lipinski definition) is 6. The summed E-state index contributed by atoms with van der Waals surface area (Å²) >= 11 is 0. The summed E-state index contributed by atoms with van der Waals surface area (Å²) in [6.07, 6.45) is 0.219. The molecule has 0 aromatic heterocycles. The zero-order chi connectivity index (χ0) is 20.4. The van der Waals surface area contributed by atoms with Gasteiger partial charge in [0.1, 0.15) is 18.1 Å². The monoisotopic (exact) mass is 387 g/mol. The first kappa shape index (κ1) is 21.1. The smallest absolute Gasteiger partial charge is 0.220 e. The molecule has 1 N–H and O–H groups in total. The molecule has 0 saturated carbocycles. The molecule has 0 atom stereocenters. The van der Waals surface area contributed by atoms with Crippen molar-refractivity contribution in [3.05, 3.63) is 48.0 Å². The Labute approximate surface area is 164 Å². The number of Topliss-reactive ketones (excluding diaryl/α,β-unsaturated/α-hetero) is 1. The van der Waals surface area contributed by atoms with Crippen molar-refractivity contribution in [1.82, 2.24) is 5.32 Å². The Bertz CT molecular complexity index is 788. The topological polar surface area (TPSA) is 83.1 Å². The second-order valence-electron chi connectivity index (χ2n) is 5.87. The van der Waals surface area contributed by atoms with Crippen molar-refractivity contribution in [2.24, 2.45) is 0 Å². The van der Waals surface area contributed by atoms with E-state index in [0.717, 1.165) is 5.75 Å². The molecule has 0 bridgehead atoms. The summed E-state index contributed by atoms with van der Waals surface area (Å²) in [5.74, 6) is 2.14. The second kappa shape index (κ2) is 10.8. The van der Waals surface area contributed by atoms with Crippen molar-refractivity contribution >= 4 is 11.7 Å². The maximum Gasteiger partial charge on any atom is 0.220 e. The lowest BCUT2D eigenvalue weighted by Crippen LogP contribution is -2.28. The molecule has 7 heteroatoms. The highest BCUT2D eigenvalue weighted by Gasteiger charge is 2.12. The Hall–Kier alpha value is -3.22. The first-order valence-corrected chi connectivity index (χ1v) is 8.86. The van der Waals surface area contributed by atoms with E-state index in [2.05, 4.69) is 5.32 Å². The van der Waals surface area contributed by atoms with Gasteiger partial charge in [-0.3, -0.25) is 9.59 Å². The van der Waals surface area contributed by atoms with Crippen LogP contribution in [0.1, 0.15) is 23.2 Å². The van der Waals surface area contributed by atoms with Crippen LogP contribution in [0, 0.1) is 0 Å². The van der Waals surface area contributed by atoms with Crippen LogP contribution in [0.2, 0.25) is 0 Å². The fourth-order valence-electron chi connectivity index (χ4n) is 2.50. The summed E-state index contributed by atoms with van der Waals surface area (Å²) in [6.45, 7) is 0.692. The summed E-state index contributed by atoms with van der Waals surface area (Å²) < 4.78 is 20.9. The van der Waals surface area contributed by atoms with Crippen molar-refractivity contribution in [1.29, 1.82) is 0 Å². The maximum absolute atomic E-state index is 12.3. The molecule has 0 spiro atoms. The zero-order valence-corrected chi connectivity index (χ0v) is 16.3. The van der Waals surface area contributed by atoms with Gasteiger partial charge in [0, 0.05) is 18.4 Å². The molecule has 0 aliphatic heterocycles. The summed E-state index contributed by atoms with van der Waals surface area (Å²) in [7, 11) is 4.64. The van der Waals surface area contributed by atoms with Crippen molar-refractivity contribution < 1.29 is 28.5 Å². The number of carbonyl (C=O) groups is 2. The number of ether oxygens (including phenoxy) is 4. The van der Waals surface area contributed by atoms with E-state index in [1.54, 1.807) is 49.6 Å². The van der Waals surface area contributed by atoms with Gasteiger partial charge in [-0.1, -0.05) is 0 Å². The van der Waals surface area contributed by atoms with Crippen LogP contribution in [0.15, 0.2) is 42.5 Å². The van der Waals surface area contributed by atoms with Crippen LogP contribution in [-0.4, -0.2) is 46.2 Å². The van der Waals surface area contributed by atoms with E-state index < -0.39 is 0 Å². The molecule has 0 saturated heterocycles.